The van der Waals surface area contributed by atoms with Gasteiger partial charge in [0.25, 0.3) is 0 Å². The Morgan fingerprint density at radius 2 is 2.28 bits per heavy atom. The fraction of sp³-hybridized carbons (Fsp3) is 0.538. The molecule has 18 heavy (non-hydrogen) atoms. The number of aryl methyl sites for hydroxylation is 3. The molecule has 0 radical (unpaired) electrons. The summed E-state index contributed by atoms with van der Waals surface area (Å²) in [5.41, 5.74) is 3.52. The van der Waals surface area contributed by atoms with E-state index in [4.69, 9.17) is 0 Å². The van der Waals surface area contributed by atoms with Crippen LogP contribution in [0, 0.1) is 6.92 Å². The van der Waals surface area contributed by atoms with Crippen LogP contribution in [0.25, 0.3) is 0 Å². The van der Waals surface area contributed by atoms with E-state index in [0.717, 1.165) is 29.2 Å². The van der Waals surface area contributed by atoms with E-state index in [0.29, 0.717) is 0 Å². The fourth-order valence-electron chi connectivity index (χ4n) is 2.04. The summed E-state index contributed by atoms with van der Waals surface area (Å²) < 4.78 is 1.97. The summed E-state index contributed by atoms with van der Waals surface area (Å²) in [6.45, 7) is 4.17. The van der Waals surface area contributed by atoms with Gasteiger partial charge in [0, 0.05) is 24.5 Å². The maximum absolute atomic E-state index is 4.56. The second kappa shape index (κ2) is 5.63. The van der Waals surface area contributed by atoms with Gasteiger partial charge in [0.2, 0.25) is 0 Å². The Hall–Kier alpha value is -1.20. The molecule has 1 atom stereocenters. The molecule has 0 bridgehead atoms. The highest BCUT2D eigenvalue weighted by Gasteiger charge is 2.15. The second-order valence-electron chi connectivity index (χ2n) is 4.44. The maximum atomic E-state index is 4.56. The summed E-state index contributed by atoms with van der Waals surface area (Å²) in [4.78, 5) is 4.56. The van der Waals surface area contributed by atoms with Crippen LogP contribution >= 0.6 is 11.3 Å². The lowest BCUT2D eigenvalue weighted by Crippen LogP contribution is -2.20. The summed E-state index contributed by atoms with van der Waals surface area (Å²) in [6, 6.07) is 2.44. The Labute approximate surface area is 112 Å². The average molecular weight is 264 g/mol. The minimum Gasteiger partial charge on any atom is -0.311 e. The van der Waals surface area contributed by atoms with Gasteiger partial charge in [0.05, 0.1) is 22.4 Å². The molecular weight excluding hydrogens is 244 g/mol. The van der Waals surface area contributed by atoms with Crippen LogP contribution in [0.2, 0.25) is 0 Å². The molecule has 4 nitrogen and oxygen atoms in total. The van der Waals surface area contributed by atoms with Crippen LogP contribution in [0.4, 0.5) is 0 Å². The van der Waals surface area contributed by atoms with Gasteiger partial charge < -0.3 is 5.32 Å². The van der Waals surface area contributed by atoms with Crippen LogP contribution < -0.4 is 5.32 Å². The normalized spacial score (nSPS) is 12.9. The molecule has 0 aliphatic rings. The van der Waals surface area contributed by atoms with Gasteiger partial charge in [0.15, 0.2) is 0 Å². The summed E-state index contributed by atoms with van der Waals surface area (Å²) in [5.74, 6) is 0. The maximum Gasteiger partial charge on any atom is 0.0898 e. The second-order valence-corrected chi connectivity index (χ2v) is 5.50. The molecule has 2 aromatic rings. The van der Waals surface area contributed by atoms with E-state index < -0.39 is 0 Å². The van der Waals surface area contributed by atoms with Gasteiger partial charge in [-0.25, -0.2) is 4.98 Å². The van der Waals surface area contributed by atoms with Crippen LogP contribution in [0.1, 0.15) is 35.1 Å². The van der Waals surface area contributed by atoms with E-state index in [-0.39, 0.29) is 6.04 Å². The van der Waals surface area contributed by atoms with E-state index >= 15 is 0 Å². The lowest BCUT2D eigenvalue weighted by molar-refractivity contribution is 0.550. The molecule has 2 aromatic heterocycles. The van der Waals surface area contributed by atoms with Crippen LogP contribution in [0.15, 0.2) is 11.4 Å². The molecule has 1 N–H and O–H groups in total. The third-order valence-electron chi connectivity index (χ3n) is 3.15. The molecule has 1 unspecified atom stereocenters. The number of likely N-dealkylation sites (N-methyl/N-ethyl adjacent to an activating group) is 1. The van der Waals surface area contributed by atoms with Gasteiger partial charge in [-0.15, -0.1) is 11.3 Å². The average Bonchev–Trinajstić information content (AvgIpc) is 2.93. The highest BCUT2D eigenvalue weighted by molar-refractivity contribution is 7.09. The number of rotatable bonds is 5. The van der Waals surface area contributed by atoms with Crippen molar-refractivity contribution in [2.75, 3.05) is 7.05 Å². The topological polar surface area (TPSA) is 42.7 Å². The minimum atomic E-state index is 0.259. The van der Waals surface area contributed by atoms with Crippen LogP contribution in [-0.4, -0.2) is 21.8 Å². The number of aromatic nitrogens is 3. The number of nitrogens with zero attached hydrogens (tertiary/aromatic N) is 3. The quantitative estimate of drug-likeness (QED) is 0.900. The lowest BCUT2D eigenvalue weighted by atomic mass is 10.1. The lowest BCUT2D eigenvalue weighted by Gasteiger charge is -2.13. The monoisotopic (exact) mass is 264 g/mol. The highest BCUT2D eigenvalue weighted by atomic mass is 32.1. The van der Waals surface area contributed by atoms with Gasteiger partial charge >= 0.3 is 0 Å². The van der Waals surface area contributed by atoms with E-state index in [1.807, 2.05) is 25.7 Å². The molecular formula is C13H20N4S. The van der Waals surface area contributed by atoms with Gasteiger partial charge in [-0.2, -0.15) is 5.10 Å². The number of hydrogen-bond acceptors (Lipinski definition) is 4. The molecule has 0 aliphatic heterocycles. The van der Waals surface area contributed by atoms with Crippen molar-refractivity contribution in [3.63, 3.8) is 0 Å². The zero-order chi connectivity index (χ0) is 13.1. The number of nitrogens with one attached hydrogen (secondary N) is 1. The molecule has 0 aromatic carbocycles. The first kappa shape index (κ1) is 13.2. The van der Waals surface area contributed by atoms with E-state index in [1.54, 1.807) is 11.3 Å². The predicted molar refractivity (Wildman–Crippen MR) is 74.9 cm³/mol. The standard InChI is InChI=1S/C13H20N4S/c1-5-10-6-11(17(4)16-10)7-12(14-3)13-8-18-9(2)15-13/h6,8,12,14H,5,7H2,1-4H3. The van der Waals surface area contributed by atoms with E-state index in [9.17, 15) is 0 Å². The summed E-state index contributed by atoms with van der Waals surface area (Å²) >= 11 is 1.70. The molecule has 0 fully saturated rings. The van der Waals surface area contributed by atoms with Crippen LogP contribution in [0.5, 0.6) is 0 Å². The molecule has 0 amide bonds. The van der Waals surface area contributed by atoms with E-state index in [2.05, 4.69) is 33.8 Å². The first-order valence-corrected chi connectivity index (χ1v) is 7.13. The van der Waals surface area contributed by atoms with Crippen molar-refractivity contribution in [2.24, 2.45) is 7.05 Å². The third-order valence-corrected chi connectivity index (χ3v) is 3.94. The third kappa shape index (κ3) is 2.79. The predicted octanol–water partition coefficient (Wildman–Crippen LogP) is 2.25. The zero-order valence-corrected chi connectivity index (χ0v) is 12.2. The highest BCUT2D eigenvalue weighted by Crippen LogP contribution is 2.20. The first-order valence-electron chi connectivity index (χ1n) is 6.25. The molecule has 0 saturated carbocycles. The van der Waals surface area contributed by atoms with Crippen molar-refractivity contribution < 1.29 is 0 Å². The summed E-state index contributed by atoms with van der Waals surface area (Å²) in [5, 5.41) is 11.1. The smallest absolute Gasteiger partial charge is 0.0898 e. The van der Waals surface area contributed by atoms with Crippen molar-refractivity contribution in [1.82, 2.24) is 20.1 Å². The number of thiazole rings is 1. The Balaban J connectivity index is 2.17. The van der Waals surface area contributed by atoms with Gasteiger partial charge in [-0.05, 0) is 26.5 Å². The van der Waals surface area contributed by atoms with Crippen molar-refractivity contribution in [3.05, 3.63) is 33.5 Å². The van der Waals surface area contributed by atoms with E-state index in [1.165, 1.54) is 5.69 Å². The van der Waals surface area contributed by atoms with Crippen molar-refractivity contribution in [1.29, 1.82) is 0 Å². The summed E-state index contributed by atoms with van der Waals surface area (Å²) in [7, 11) is 3.99. The molecule has 5 heteroatoms. The molecule has 2 rings (SSSR count). The van der Waals surface area contributed by atoms with Gasteiger partial charge in [0.1, 0.15) is 0 Å². The molecule has 0 spiro atoms. The largest absolute Gasteiger partial charge is 0.311 e. The first-order chi connectivity index (χ1) is 8.63. The van der Waals surface area contributed by atoms with Gasteiger partial charge in [-0.3, -0.25) is 4.68 Å². The molecule has 2 heterocycles. The summed E-state index contributed by atoms with van der Waals surface area (Å²) in [6.07, 6.45) is 1.90. The molecule has 98 valence electrons. The SMILES string of the molecule is CCc1cc(CC(NC)c2csc(C)n2)n(C)n1. The number of hydrogen-bond donors (Lipinski definition) is 1. The van der Waals surface area contributed by atoms with Crippen molar-refractivity contribution in [2.45, 2.75) is 32.7 Å². The fourth-order valence-corrected chi connectivity index (χ4v) is 2.71. The molecule has 0 aliphatic carbocycles. The Kier molecular flexibility index (Phi) is 4.14. The Morgan fingerprint density at radius 3 is 2.78 bits per heavy atom. The Morgan fingerprint density at radius 1 is 1.50 bits per heavy atom. The van der Waals surface area contributed by atoms with Crippen molar-refractivity contribution >= 4 is 11.3 Å². The van der Waals surface area contributed by atoms with Crippen LogP contribution in [0.3, 0.4) is 0 Å². The Bertz CT molecular complexity index is 515. The van der Waals surface area contributed by atoms with Gasteiger partial charge in [-0.1, -0.05) is 6.92 Å². The van der Waals surface area contributed by atoms with Crippen LogP contribution in [-0.2, 0) is 19.9 Å². The zero-order valence-electron chi connectivity index (χ0n) is 11.4. The molecule has 0 saturated heterocycles. The van der Waals surface area contributed by atoms with Crippen molar-refractivity contribution in [3.8, 4) is 0 Å². The minimum absolute atomic E-state index is 0.259.